The Bertz CT molecular complexity index is 293. The van der Waals surface area contributed by atoms with Crippen molar-refractivity contribution in [2.24, 2.45) is 0 Å². The van der Waals surface area contributed by atoms with Gasteiger partial charge >= 0.3 is 5.97 Å². The lowest BCUT2D eigenvalue weighted by Gasteiger charge is -1.98. The number of esters is 1. The minimum absolute atomic E-state index is 0.0693. The number of hydrogen-bond donors (Lipinski definition) is 1. The van der Waals surface area contributed by atoms with Crippen molar-refractivity contribution in [2.75, 3.05) is 13.2 Å². The van der Waals surface area contributed by atoms with E-state index in [9.17, 15) is 4.79 Å². The molecule has 0 aliphatic rings. The third-order valence-electron chi connectivity index (χ3n) is 1.68. The summed E-state index contributed by atoms with van der Waals surface area (Å²) in [5.74, 6) is -0.341. The molecule has 0 radical (unpaired) electrons. The van der Waals surface area contributed by atoms with E-state index in [1.54, 1.807) is 6.07 Å². The molecular weight excluding hydrogens is 200 g/mol. The van der Waals surface area contributed by atoms with Crippen LogP contribution >= 0.6 is 11.3 Å². The Labute approximate surface area is 87.3 Å². The zero-order valence-electron chi connectivity index (χ0n) is 8.16. The second kappa shape index (κ2) is 5.78. The predicted molar refractivity (Wildman–Crippen MR) is 55.7 cm³/mol. The van der Waals surface area contributed by atoms with Gasteiger partial charge in [0.15, 0.2) is 0 Å². The minimum Gasteiger partial charge on any atom is -0.459 e. The van der Waals surface area contributed by atoms with Crippen LogP contribution in [0.15, 0.2) is 12.1 Å². The number of aliphatic hydroxyl groups is 1. The topological polar surface area (TPSA) is 46.5 Å². The zero-order valence-corrected chi connectivity index (χ0v) is 8.97. The Kier molecular flexibility index (Phi) is 4.62. The van der Waals surface area contributed by atoms with Gasteiger partial charge in [-0.05, 0) is 18.6 Å². The highest BCUT2D eigenvalue weighted by molar-refractivity contribution is 7.13. The van der Waals surface area contributed by atoms with Crippen LogP contribution in [0.4, 0.5) is 0 Å². The summed E-state index contributed by atoms with van der Waals surface area (Å²) in [6.45, 7) is 2.04. The van der Waals surface area contributed by atoms with Gasteiger partial charge in [0.1, 0.15) is 11.5 Å². The third kappa shape index (κ3) is 3.12. The van der Waals surface area contributed by atoms with E-state index in [-0.39, 0.29) is 19.2 Å². The van der Waals surface area contributed by atoms with Crippen molar-refractivity contribution >= 4 is 17.3 Å². The highest BCUT2D eigenvalue weighted by Crippen LogP contribution is 2.18. The van der Waals surface area contributed by atoms with E-state index in [0.717, 1.165) is 12.8 Å². The van der Waals surface area contributed by atoms with Gasteiger partial charge in [0.25, 0.3) is 0 Å². The number of aryl methyl sites for hydroxylation is 1. The molecule has 1 rings (SSSR count). The van der Waals surface area contributed by atoms with Gasteiger partial charge in [-0.3, -0.25) is 0 Å². The number of carbonyl (C=O) groups is 1. The summed E-state index contributed by atoms with van der Waals surface area (Å²) in [5.41, 5.74) is 0. The van der Waals surface area contributed by atoms with Crippen LogP contribution in [0.5, 0.6) is 0 Å². The molecule has 78 valence electrons. The summed E-state index contributed by atoms with van der Waals surface area (Å²) in [7, 11) is 0. The van der Waals surface area contributed by atoms with Gasteiger partial charge in [0, 0.05) is 4.88 Å². The summed E-state index contributed by atoms with van der Waals surface area (Å²) >= 11 is 1.46. The molecule has 1 N–H and O–H groups in total. The van der Waals surface area contributed by atoms with E-state index in [0.29, 0.717) is 4.88 Å². The first-order valence-corrected chi connectivity index (χ1v) is 5.46. The second-order valence-corrected chi connectivity index (χ2v) is 4.04. The molecule has 0 amide bonds. The number of carbonyl (C=O) groups excluding carboxylic acids is 1. The second-order valence-electron chi connectivity index (χ2n) is 2.88. The number of aliphatic hydroxyl groups excluding tert-OH is 1. The fourth-order valence-electron chi connectivity index (χ4n) is 1.08. The molecule has 0 aromatic carbocycles. The van der Waals surface area contributed by atoms with Crippen molar-refractivity contribution in [1.29, 1.82) is 0 Å². The zero-order chi connectivity index (χ0) is 10.4. The molecule has 0 unspecified atom stereocenters. The molecule has 0 saturated carbocycles. The number of rotatable bonds is 5. The molecule has 3 nitrogen and oxygen atoms in total. The molecule has 0 bridgehead atoms. The first-order chi connectivity index (χ1) is 6.77. The summed E-state index contributed by atoms with van der Waals surface area (Å²) in [4.78, 5) is 13.1. The van der Waals surface area contributed by atoms with Gasteiger partial charge < -0.3 is 9.84 Å². The third-order valence-corrected chi connectivity index (χ3v) is 2.81. The van der Waals surface area contributed by atoms with Crippen LogP contribution in [0, 0.1) is 0 Å². The summed E-state index contributed by atoms with van der Waals surface area (Å²) in [6, 6.07) is 3.72. The molecule has 0 spiro atoms. The van der Waals surface area contributed by atoms with Crippen LogP contribution in [-0.4, -0.2) is 24.3 Å². The first-order valence-electron chi connectivity index (χ1n) is 4.64. The molecule has 1 aromatic rings. The van der Waals surface area contributed by atoms with Crippen molar-refractivity contribution in [3.05, 3.63) is 21.9 Å². The Morgan fingerprint density at radius 3 is 3.00 bits per heavy atom. The Balaban J connectivity index is 2.53. The Hall–Kier alpha value is -0.870. The van der Waals surface area contributed by atoms with Gasteiger partial charge in [-0.2, -0.15) is 0 Å². The Morgan fingerprint density at radius 1 is 1.57 bits per heavy atom. The fraction of sp³-hybridized carbons (Fsp3) is 0.500. The summed E-state index contributed by atoms with van der Waals surface area (Å²) in [5, 5.41) is 8.48. The largest absolute Gasteiger partial charge is 0.459 e. The average Bonchev–Trinajstić information content (AvgIpc) is 2.63. The average molecular weight is 214 g/mol. The maximum Gasteiger partial charge on any atom is 0.348 e. The smallest absolute Gasteiger partial charge is 0.348 e. The molecule has 0 aliphatic heterocycles. The molecule has 0 atom stereocenters. The summed E-state index contributed by atoms with van der Waals surface area (Å²) in [6.07, 6.45) is 2.07. The van der Waals surface area contributed by atoms with Gasteiger partial charge in [-0.1, -0.05) is 13.3 Å². The van der Waals surface area contributed by atoms with E-state index in [1.807, 2.05) is 6.07 Å². The van der Waals surface area contributed by atoms with E-state index in [2.05, 4.69) is 6.92 Å². The molecule has 0 fully saturated rings. The van der Waals surface area contributed by atoms with Gasteiger partial charge in [-0.15, -0.1) is 11.3 Å². The highest BCUT2D eigenvalue weighted by Gasteiger charge is 2.09. The molecular formula is C10H14O3S. The molecule has 0 saturated heterocycles. The van der Waals surface area contributed by atoms with Crippen molar-refractivity contribution in [2.45, 2.75) is 19.8 Å². The number of thiophene rings is 1. The van der Waals surface area contributed by atoms with Crippen molar-refractivity contribution in [1.82, 2.24) is 0 Å². The highest BCUT2D eigenvalue weighted by atomic mass is 32.1. The first kappa shape index (κ1) is 11.2. The minimum atomic E-state index is -0.341. The molecule has 0 aliphatic carbocycles. The lowest BCUT2D eigenvalue weighted by atomic mass is 10.3. The van der Waals surface area contributed by atoms with Gasteiger partial charge in [-0.25, -0.2) is 4.79 Å². The van der Waals surface area contributed by atoms with Crippen LogP contribution < -0.4 is 0 Å². The molecule has 1 heterocycles. The van der Waals surface area contributed by atoms with Crippen LogP contribution in [0.25, 0.3) is 0 Å². The van der Waals surface area contributed by atoms with Crippen LogP contribution in [0.1, 0.15) is 27.9 Å². The Morgan fingerprint density at radius 2 is 2.36 bits per heavy atom. The number of ether oxygens (including phenoxy) is 1. The van der Waals surface area contributed by atoms with Crippen LogP contribution in [-0.2, 0) is 11.2 Å². The number of hydrogen-bond acceptors (Lipinski definition) is 4. The van der Waals surface area contributed by atoms with E-state index in [1.165, 1.54) is 16.2 Å². The maximum atomic E-state index is 11.3. The van der Waals surface area contributed by atoms with E-state index < -0.39 is 0 Å². The van der Waals surface area contributed by atoms with Crippen molar-refractivity contribution in [3.8, 4) is 0 Å². The maximum absolute atomic E-state index is 11.3. The quantitative estimate of drug-likeness (QED) is 0.761. The van der Waals surface area contributed by atoms with E-state index >= 15 is 0 Å². The van der Waals surface area contributed by atoms with Gasteiger partial charge in [0.2, 0.25) is 0 Å². The molecule has 1 aromatic heterocycles. The van der Waals surface area contributed by atoms with Crippen molar-refractivity contribution in [3.63, 3.8) is 0 Å². The van der Waals surface area contributed by atoms with Gasteiger partial charge in [0.05, 0.1) is 6.61 Å². The normalized spacial score (nSPS) is 10.1. The fourth-order valence-corrected chi connectivity index (χ4v) is 2.08. The van der Waals surface area contributed by atoms with Crippen LogP contribution in [0.3, 0.4) is 0 Å². The predicted octanol–water partition coefficient (Wildman–Crippen LogP) is 1.85. The van der Waals surface area contributed by atoms with E-state index in [4.69, 9.17) is 9.84 Å². The molecule has 4 heteroatoms. The lowest BCUT2D eigenvalue weighted by Crippen LogP contribution is -2.06. The lowest BCUT2D eigenvalue weighted by molar-refractivity contribution is 0.0439. The SMILES string of the molecule is CCCc1ccc(C(=O)OCCO)s1. The standard InChI is InChI=1S/C10H14O3S/c1-2-3-8-4-5-9(14-8)10(12)13-7-6-11/h4-5,11H,2-3,6-7H2,1H3. The molecule has 14 heavy (non-hydrogen) atoms. The van der Waals surface area contributed by atoms with Crippen LogP contribution in [0.2, 0.25) is 0 Å². The van der Waals surface area contributed by atoms with Crippen molar-refractivity contribution < 1.29 is 14.6 Å². The monoisotopic (exact) mass is 214 g/mol. The summed E-state index contributed by atoms with van der Waals surface area (Å²) < 4.78 is 4.79.